The first-order valence-electron chi connectivity index (χ1n) is 5.45. The first-order valence-corrected chi connectivity index (χ1v) is 6.27. The molecule has 0 saturated heterocycles. The minimum atomic E-state index is -0.343. The van der Waals surface area contributed by atoms with E-state index in [0.717, 1.165) is 16.3 Å². The normalized spacial score (nSPS) is 13.1. The van der Waals surface area contributed by atoms with Gasteiger partial charge in [-0.3, -0.25) is 9.20 Å². The number of nitrogens with two attached hydrogens (primary N) is 1. The number of hydrogen-bond acceptors (Lipinski definition) is 4. The second-order valence-electron chi connectivity index (χ2n) is 4.14. The molecule has 2 aromatic heterocycles. The highest BCUT2D eigenvalue weighted by atomic mass is 32.1. The molecule has 0 aromatic carbocycles. The maximum absolute atomic E-state index is 11.0. The number of imidazole rings is 1. The van der Waals surface area contributed by atoms with E-state index < -0.39 is 0 Å². The number of fused-ring (bicyclic) bond motifs is 1. The molecule has 2 heterocycles. The largest absolute Gasteiger partial charge is 0.368 e. The van der Waals surface area contributed by atoms with Crippen LogP contribution >= 0.6 is 11.3 Å². The monoisotopic (exact) mass is 252 g/mol. The van der Waals surface area contributed by atoms with E-state index in [2.05, 4.69) is 27.8 Å². The number of rotatable bonds is 4. The van der Waals surface area contributed by atoms with Crippen LogP contribution in [0.25, 0.3) is 4.96 Å². The molecule has 0 bridgehead atoms. The summed E-state index contributed by atoms with van der Waals surface area (Å²) >= 11 is 1.66. The Morgan fingerprint density at radius 3 is 3.00 bits per heavy atom. The zero-order valence-electron chi connectivity index (χ0n) is 10.2. The Morgan fingerprint density at radius 1 is 1.65 bits per heavy atom. The van der Waals surface area contributed by atoms with Crippen LogP contribution in [0.3, 0.4) is 0 Å². The molecule has 3 N–H and O–H groups in total. The molecule has 0 aliphatic heterocycles. The lowest BCUT2D eigenvalue weighted by atomic mass is 10.3. The van der Waals surface area contributed by atoms with Crippen molar-refractivity contribution in [2.45, 2.75) is 33.4 Å². The molecule has 0 spiro atoms. The van der Waals surface area contributed by atoms with Gasteiger partial charge in [0.25, 0.3) is 0 Å². The molecule has 6 heteroatoms. The molecule has 2 aromatic rings. The van der Waals surface area contributed by atoms with Crippen LogP contribution in [0.15, 0.2) is 6.20 Å². The molecule has 17 heavy (non-hydrogen) atoms. The first-order chi connectivity index (χ1) is 7.99. The van der Waals surface area contributed by atoms with E-state index >= 15 is 0 Å². The lowest BCUT2D eigenvalue weighted by Crippen LogP contribution is -2.38. The number of thiazole rings is 1. The first kappa shape index (κ1) is 12.1. The molecule has 1 unspecified atom stereocenters. The van der Waals surface area contributed by atoms with E-state index in [1.54, 1.807) is 18.3 Å². The van der Waals surface area contributed by atoms with Gasteiger partial charge in [-0.05, 0) is 20.8 Å². The van der Waals surface area contributed by atoms with Crippen molar-refractivity contribution in [2.24, 2.45) is 5.73 Å². The van der Waals surface area contributed by atoms with Crippen molar-refractivity contribution in [3.05, 3.63) is 22.5 Å². The molecule has 0 saturated carbocycles. The fourth-order valence-electron chi connectivity index (χ4n) is 1.67. The summed E-state index contributed by atoms with van der Waals surface area (Å²) in [5.41, 5.74) is 7.28. The minimum absolute atomic E-state index is 0.334. The van der Waals surface area contributed by atoms with Gasteiger partial charge >= 0.3 is 0 Å². The highest BCUT2D eigenvalue weighted by Gasteiger charge is 2.13. The highest BCUT2D eigenvalue weighted by molar-refractivity contribution is 7.17. The average molecular weight is 252 g/mol. The van der Waals surface area contributed by atoms with Crippen LogP contribution in [-0.2, 0) is 11.3 Å². The van der Waals surface area contributed by atoms with Crippen LogP contribution in [0.2, 0.25) is 0 Å². The van der Waals surface area contributed by atoms with Crippen LogP contribution in [0.5, 0.6) is 0 Å². The second kappa shape index (κ2) is 4.46. The van der Waals surface area contributed by atoms with Crippen molar-refractivity contribution >= 4 is 22.2 Å². The topological polar surface area (TPSA) is 72.4 Å². The van der Waals surface area contributed by atoms with Gasteiger partial charge in [0.2, 0.25) is 5.91 Å². The summed E-state index contributed by atoms with van der Waals surface area (Å²) in [7, 11) is 0. The third-order valence-electron chi connectivity index (χ3n) is 2.74. The lowest BCUT2D eigenvalue weighted by molar-refractivity contribution is -0.119. The average Bonchev–Trinajstić information content (AvgIpc) is 2.70. The highest BCUT2D eigenvalue weighted by Crippen LogP contribution is 2.20. The van der Waals surface area contributed by atoms with Crippen LogP contribution in [0.4, 0.5) is 0 Å². The van der Waals surface area contributed by atoms with Gasteiger partial charge in [0, 0.05) is 17.6 Å². The third-order valence-corrected chi connectivity index (χ3v) is 3.64. The van der Waals surface area contributed by atoms with E-state index in [0.29, 0.717) is 6.54 Å². The summed E-state index contributed by atoms with van der Waals surface area (Å²) < 4.78 is 2.07. The van der Waals surface area contributed by atoms with E-state index in [1.165, 1.54) is 4.88 Å². The predicted octanol–water partition coefficient (Wildman–Crippen LogP) is 0.976. The summed E-state index contributed by atoms with van der Waals surface area (Å²) in [5.74, 6) is -0.343. The molecule has 92 valence electrons. The standard InChI is InChI=1S/C11H16N4OS/c1-6-5-15-9(4-13-8(3)10(12)16)7(2)14-11(15)17-6/h5,8,13H,4H2,1-3H3,(H2,12,16). The predicted molar refractivity (Wildman–Crippen MR) is 68.0 cm³/mol. The minimum Gasteiger partial charge on any atom is -0.368 e. The Labute approximate surface area is 104 Å². The maximum Gasteiger partial charge on any atom is 0.234 e. The number of amides is 1. The smallest absolute Gasteiger partial charge is 0.234 e. The van der Waals surface area contributed by atoms with Gasteiger partial charge in [0.15, 0.2) is 4.96 Å². The van der Waals surface area contributed by atoms with Crippen LogP contribution in [0.1, 0.15) is 23.2 Å². The van der Waals surface area contributed by atoms with Gasteiger partial charge in [-0.25, -0.2) is 4.98 Å². The number of primary amides is 1. The van der Waals surface area contributed by atoms with E-state index in [4.69, 9.17) is 5.73 Å². The van der Waals surface area contributed by atoms with Gasteiger partial charge in [0.05, 0.1) is 17.4 Å². The Kier molecular flexibility index (Phi) is 3.17. The molecule has 2 rings (SSSR count). The summed E-state index contributed by atoms with van der Waals surface area (Å²) in [6.07, 6.45) is 2.06. The molecule has 0 radical (unpaired) electrons. The number of aromatic nitrogens is 2. The maximum atomic E-state index is 11.0. The molecule has 1 atom stereocenters. The Bertz CT molecular complexity index is 557. The Hall–Kier alpha value is -1.40. The van der Waals surface area contributed by atoms with Crippen LogP contribution in [0, 0.1) is 13.8 Å². The van der Waals surface area contributed by atoms with Gasteiger partial charge < -0.3 is 11.1 Å². The summed E-state index contributed by atoms with van der Waals surface area (Å²) in [5, 5.41) is 3.10. The van der Waals surface area contributed by atoms with Crippen LogP contribution < -0.4 is 11.1 Å². The fraction of sp³-hybridized carbons (Fsp3) is 0.455. The Balaban J connectivity index is 2.22. The molecule has 5 nitrogen and oxygen atoms in total. The summed E-state index contributed by atoms with van der Waals surface area (Å²) in [6, 6.07) is -0.334. The van der Waals surface area contributed by atoms with Crippen molar-refractivity contribution < 1.29 is 4.79 Å². The van der Waals surface area contributed by atoms with Crippen LogP contribution in [-0.4, -0.2) is 21.3 Å². The van der Waals surface area contributed by atoms with Crippen molar-refractivity contribution in [3.63, 3.8) is 0 Å². The van der Waals surface area contributed by atoms with Gasteiger partial charge in [-0.2, -0.15) is 0 Å². The number of hydrogen-bond donors (Lipinski definition) is 2. The van der Waals surface area contributed by atoms with Crippen molar-refractivity contribution in [3.8, 4) is 0 Å². The van der Waals surface area contributed by atoms with Crippen molar-refractivity contribution in [1.82, 2.24) is 14.7 Å². The van der Waals surface area contributed by atoms with Gasteiger partial charge in [-0.15, -0.1) is 11.3 Å². The number of carbonyl (C=O) groups is 1. The molecular weight excluding hydrogens is 236 g/mol. The van der Waals surface area contributed by atoms with Gasteiger partial charge in [0.1, 0.15) is 0 Å². The fourth-order valence-corrected chi connectivity index (χ4v) is 2.56. The van der Waals surface area contributed by atoms with E-state index in [9.17, 15) is 4.79 Å². The zero-order chi connectivity index (χ0) is 12.6. The molecule has 0 aliphatic carbocycles. The quantitative estimate of drug-likeness (QED) is 0.852. The number of nitrogens with zero attached hydrogens (tertiary/aromatic N) is 2. The third kappa shape index (κ3) is 2.32. The van der Waals surface area contributed by atoms with E-state index in [1.807, 2.05) is 6.92 Å². The second-order valence-corrected chi connectivity index (χ2v) is 5.36. The van der Waals surface area contributed by atoms with Crippen molar-refractivity contribution in [2.75, 3.05) is 0 Å². The zero-order valence-corrected chi connectivity index (χ0v) is 11.0. The van der Waals surface area contributed by atoms with Crippen molar-refractivity contribution in [1.29, 1.82) is 0 Å². The molecule has 0 fully saturated rings. The van der Waals surface area contributed by atoms with Gasteiger partial charge in [-0.1, -0.05) is 0 Å². The number of carbonyl (C=O) groups excluding carboxylic acids is 1. The Morgan fingerprint density at radius 2 is 2.35 bits per heavy atom. The molecular formula is C11H16N4OS. The molecule has 1 amide bonds. The summed E-state index contributed by atoms with van der Waals surface area (Å²) in [6.45, 7) is 6.38. The SMILES string of the molecule is Cc1cn2c(CNC(C)C(N)=O)c(C)nc2s1. The lowest BCUT2D eigenvalue weighted by Gasteiger charge is -2.09. The molecule has 0 aliphatic rings. The van der Waals surface area contributed by atoms with E-state index in [-0.39, 0.29) is 11.9 Å². The number of nitrogens with one attached hydrogen (secondary N) is 1. The summed E-state index contributed by atoms with van der Waals surface area (Å²) in [4.78, 5) is 17.6. The number of aryl methyl sites for hydroxylation is 2.